The Balaban J connectivity index is 1.50. The number of cyclic esters (lactones) is 1. The van der Waals surface area contributed by atoms with E-state index in [1.165, 1.54) is 4.90 Å². The lowest BCUT2D eigenvalue weighted by Gasteiger charge is -2.31. The third-order valence-electron chi connectivity index (χ3n) is 10.1. The Bertz CT molecular complexity index is 1660. The molecule has 4 atom stereocenters. The number of ether oxygens (including phenoxy) is 2. The van der Waals surface area contributed by atoms with Crippen molar-refractivity contribution in [1.29, 1.82) is 0 Å². The van der Waals surface area contributed by atoms with E-state index in [2.05, 4.69) is 21.3 Å². The van der Waals surface area contributed by atoms with Gasteiger partial charge in [0.25, 0.3) is 11.8 Å². The zero-order chi connectivity index (χ0) is 40.5. The molecule has 0 saturated heterocycles. The molecule has 0 spiro atoms. The van der Waals surface area contributed by atoms with Gasteiger partial charge in [0, 0.05) is 26.9 Å². The molecule has 2 aromatic carbocycles. The Morgan fingerprint density at radius 3 is 2.30 bits per heavy atom. The number of ketones is 1. The molecule has 1 saturated carbocycles. The van der Waals surface area contributed by atoms with Gasteiger partial charge in [0.05, 0.1) is 19.2 Å². The molecule has 2 aromatic rings. The van der Waals surface area contributed by atoms with E-state index in [1.807, 2.05) is 0 Å². The van der Waals surface area contributed by atoms with Gasteiger partial charge in [-0.3, -0.25) is 28.8 Å². The molecule has 4 N–H and O–H groups in total. The fourth-order valence-corrected chi connectivity index (χ4v) is 7.02. The standard InChI is InChI=1S/C42H57N5O9/c1-4-16-32(38(50)40(52)43-27-35(49)46-36(41(53)47(2)3)29-18-9-7-10-19-29)44-39(51)33-26-28-17-15-22-31(25-28)55-24-14-6-5-13-23-34(48)45-37(42(54)56-33)30-20-11-8-12-21-30/h7,9-10,15,17-19,22,25,30,32-33,36-37H,4-6,8,11-14,16,20-21,23-24,26-27H2,1-3H3,(H,43,52)(H,44,51)(H,45,48)(H,46,49)/t32?,33?,36?,37-/m0/s1. The average Bonchev–Trinajstić information content (AvgIpc) is 3.20. The third kappa shape index (κ3) is 13.5. The molecule has 304 valence electrons. The summed E-state index contributed by atoms with van der Waals surface area (Å²) in [5.41, 5.74) is 1.18. The number of esters is 1. The van der Waals surface area contributed by atoms with Gasteiger partial charge in [0.15, 0.2) is 6.10 Å². The number of nitrogens with one attached hydrogen (secondary N) is 4. The van der Waals surface area contributed by atoms with Crippen LogP contribution in [0.4, 0.5) is 0 Å². The monoisotopic (exact) mass is 775 g/mol. The first-order valence-corrected chi connectivity index (χ1v) is 19.9. The number of likely N-dealkylation sites (N-methyl/N-ethyl adjacent to an activating group) is 1. The van der Waals surface area contributed by atoms with Crippen molar-refractivity contribution < 1.29 is 43.0 Å². The van der Waals surface area contributed by atoms with Gasteiger partial charge in [-0.1, -0.05) is 87.9 Å². The van der Waals surface area contributed by atoms with E-state index in [4.69, 9.17) is 9.47 Å². The molecule has 1 heterocycles. The van der Waals surface area contributed by atoms with E-state index in [9.17, 15) is 33.6 Å². The second-order valence-corrected chi connectivity index (χ2v) is 14.8. The summed E-state index contributed by atoms with van der Waals surface area (Å²) in [5.74, 6) is -4.52. The molecule has 3 unspecified atom stereocenters. The number of hydrogen-bond donors (Lipinski definition) is 4. The molecule has 56 heavy (non-hydrogen) atoms. The van der Waals surface area contributed by atoms with Gasteiger partial charge in [-0.15, -0.1) is 0 Å². The van der Waals surface area contributed by atoms with Crippen molar-refractivity contribution in [3.8, 4) is 5.75 Å². The van der Waals surface area contributed by atoms with E-state index >= 15 is 0 Å². The predicted molar refractivity (Wildman–Crippen MR) is 208 cm³/mol. The van der Waals surface area contributed by atoms with Crippen LogP contribution in [0.1, 0.15) is 101 Å². The van der Waals surface area contributed by atoms with Gasteiger partial charge in [-0.2, -0.15) is 0 Å². The Morgan fingerprint density at radius 2 is 1.59 bits per heavy atom. The Morgan fingerprint density at radius 1 is 0.875 bits per heavy atom. The number of carbonyl (C=O) groups excluding carboxylic acids is 7. The molecule has 14 heteroatoms. The van der Waals surface area contributed by atoms with Crippen LogP contribution in [-0.4, -0.2) is 91.6 Å². The molecular weight excluding hydrogens is 718 g/mol. The Hall–Kier alpha value is -5.27. The highest BCUT2D eigenvalue weighted by Gasteiger charge is 2.37. The third-order valence-corrected chi connectivity index (χ3v) is 10.1. The number of fused-ring (bicyclic) bond motifs is 2. The lowest BCUT2D eigenvalue weighted by atomic mass is 9.83. The molecule has 14 nitrogen and oxygen atoms in total. The highest BCUT2D eigenvalue weighted by atomic mass is 16.5. The van der Waals surface area contributed by atoms with Crippen molar-refractivity contribution in [1.82, 2.24) is 26.2 Å². The minimum atomic E-state index is -1.42. The molecule has 0 radical (unpaired) electrons. The van der Waals surface area contributed by atoms with Crippen LogP contribution in [-0.2, 0) is 44.7 Å². The number of carbonyl (C=O) groups is 7. The molecule has 2 aliphatic rings. The highest BCUT2D eigenvalue weighted by Crippen LogP contribution is 2.28. The number of nitrogens with zero attached hydrogens (tertiary/aromatic N) is 1. The second kappa shape index (κ2) is 22.3. The van der Waals surface area contributed by atoms with E-state index in [1.54, 1.807) is 75.6 Å². The first-order chi connectivity index (χ1) is 27.0. The average molecular weight is 776 g/mol. The minimum absolute atomic E-state index is 0.0617. The van der Waals surface area contributed by atoms with E-state index in [0.29, 0.717) is 36.3 Å². The summed E-state index contributed by atoms with van der Waals surface area (Å²) in [5, 5.41) is 10.5. The SMILES string of the molecule is CCCC(NC(=O)C1Cc2cccc(c2)OCCCCCCC(=O)N[C@@H](C2CCCCC2)C(=O)O1)C(=O)C(=O)NCC(=O)NC(C(=O)N(C)C)c1ccccc1. The van der Waals surface area contributed by atoms with Gasteiger partial charge in [-0.05, 0) is 61.3 Å². The van der Waals surface area contributed by atoms with Gasteiger partial charge in [0.1, 0.15) is 17.8 Å². The lowest BCUT2D eigenvalue weighted by Crippen LogP contribution is -2.54. The second-order valence-electron chi connectivity index (χ2n) is 14.8. The van der Waals surface area contributed by atoms with Crippen LogP contribution >= 0.6 is 0 Å². The summed E-state index contributed by atoms with van der Waals surface area (Å²) in [6.07, 6.45) is 6.79. The number of Topliss-reactive ketones (excluding diaryl/α,β-unsaturated/α-hetero) is 1. The first kappa shape index (κ1) is 43.5. The van der Waals surface area contributed by atoms with Crippen LogP contribution in [0.15, 0.2) is 54.6 Å². The molecule has 1 fully saturated rings. The molecule has 2 bridgehead atoms. The normalized spacial score (nSPS) is 19.7. The summed E-state index contributed by atoms with van der Waals surface area (Å²) in [6.45, 7) is 1.65. The summed E-state index contributed by atoms with van der Waals surface area (Å²) < 4.78 is 11.9. The smallest absolute Gasteiger partial charge is 0.329 e. The van der Waals surface area contributed by atoms with Crippen molar-refractivity contribution in [3.05, 3.63) is 65.7 Å². The van der Waals surface area contributed by atoms with Crippen LogP contribution < -0.4 is 26.0 Å². The van der Waals surface area contributed by atoms with Crippen molar-refractivity contribution in [2.24, 2.45) is 5.92 Å². The molecular formula is C42H57N5O9. The summed E-state index contributed by atoms with van der Waals surface area (Å²) >= 11 is 0. The maximum absolute atomic E-state index is 14.0. The van der Waals surface area contributed by atoms with E-state index < -0.39 is 60.2 Å². The van der Waals surface area contributed by atoms with Gasteiger partial charge in [-0.25, -0.2) is 4.79 Å². The Kier molecular flexibility index (Phi) is 17.3. The van der Waals surface area contributed by atoms with Gasteiger partial charge >= 0.3 is 5.97 Å². The van der Waals surface area contributed by atoms with Crippen molar-refractivity contribution >= 4 is 41.3 Å². The fourth-order valence-electron chi connectivity index (χ4n) is 7.02. The summed E-state index contributed by atoms with van der Waals surface area (Å²) in [4.78, 5) is 94.8. The largest absolute Gasteiger partial charge is 0.494 e. The van der Waals surface area contributed by atoms with Gasteiger partial charge < -0.3 is 35.6 Å². The molecule has 4 rings (SSSR count). The fraction of sp³-hybridized carbons (Fsp3) is 0.548. The summed E-state index contributed by atoms with van der Waals surface area (Å²) in [7, 11) is 3.11. The number of amides is 5. The molecule has 0 aromatic heterocycles. The van der Waals surface area contributed by atoms with Crippen LogP contribution in [0.3, 0.4) is 0 Å². The van der Waals surface area contributed by atoms with E-state index in [0.717, 1.165) is 51.4 Å². The first-order valence-electron chi connectivity index (χ1n) is 19.9. The topological polar surface area (TPSA) is 189 Å². The minimum Gasteiger partial charge on any atom is -0.494 e. The molecule has 5 amide bonds. The number of benzene rings is 2. The van der Waals surface area contributed by atoms with Crippen molar-refractivity contribution in [3.63, 3.8) is 0 Å². The van der Waals surface area contributed by atoms with Crippen LogP contribution in [0.2, 0.25) is 0 Å². The zero-order valence-corrected chi connectivity index (χ0v) is 32.8. The predicted octanol–water partition coefficient (Wildman–Crippen LogP) is 3.46. The number of rotatable bonds is 12. The highest BCUT2D eigenvalue weighted by molar-refractivity contribution is 6.38. The van der Waals surface area contributed by atoms with Crippen molar-refractivity contribution in [2.45, 2.75) is 115 Å². The van der Waals surface area contributed by atoms with Crippen LogP contribution in [0.25, 0.3) is 0 Å². The van der Waals surface area contributed by atoms with E-state index in [-0.39, 0.29) is 37.0 Å². The van der Waals surface area contributed by atoms with Crippen LogP contribution in [0.5, 0.6) is 5.75 Å². The molecule has 1 aliphatic heterocycles. The summed E-state index contributed by atoms with van der Waals surface area (Å²) in [6, 6.07) is 12.5. The number of hydrogen-bond acceptors (Lipinski definition) is 9. The quantitative estimate of drug-likeness (QED) is 0.185. The lowest BCUT2D eigenvalue weighted by molar-refractivity contribution is -0.160. The van der Waals surface area contributed by atoms with Crippen molar-refractivity contribution in [2.75, 3.05) is 27.2 Å². The maximum atomic E-state index is 14.0. The Labute approximate surface area is 329 Å². The zero-order valence-electron chi connectivity index (χ0n) is 32.8. The molecule has 1 aliphatic carbocycles. The van der Waals surface area contributed by atoms with Crippen LogP contribution in [0, 0.1) is 5.92 Å². The maximum Gasteiger partial charge on any atom is 0.329 e. The van der Waals surface area contributed by atoms with Gasteiger partial charge in [0.2, 0.25) is 23.5 Å².